The van der Waals surface area contributed by atoms with Gasteiger partial charge in [0.15, 0.2) is 0 Å². The van der Waals surface area contributed by atoms with Gasteiger partial charge in [-0.05, 0) is 11.5 Å². The minimum Gasteiger partial charge on any atom is -0.740 e. The first-order valence-corrected chi connectivity index (χ1v) is 8.02. The monoisotopic (exact) mass is 242 g/mol. The van der Waals surface area contributed by atoms with Crippen LogP contribution in [0.2, 0.25) is 0 Å². The average molecular weight is 242 g/mol. The molecule has 0 radical (unpaired) electrons. The van der Waals surface area contributed by atoms with Crippen molar-refractivity contribution in [1.29, 1.82) is 0 Å². The fraction of sp³-hybridized carbons (Fsp3) is 1.00. The second kappa shape index (κ2) is 7.63. The summed E-state index contributed by atoms with van der Waals surface area (Å²) in [5.74, 6) is 1.15. The van der Waals surface area contributed by atoms with Crippen LogP contribution in [0, 0.1) is 0 Å². The van der Waals surface area contributed by atoms with Crippen LogP contribution in [-0.2, 0) is 9.15 Å². The Hall–Kier alpha value is 2.25. The van der Waals surface area contributed by atoms with E-state index >= 15 is 0 Å². The fourth-order valence-electron chi connectivity index (χ4n) is 0.458. The van der Waals surface area contributed by atoms with Gasteiger partial charge in [0.2, 0.25) is 0 Å². The van der Waals surface area contributed by atoms with E-state index in [2.05, 4.69) is 0 Å². The second-order valence-corrected chi connectivity index (χ2v) is 9.94. The summed E-state index contributed by atoms with van der Waals surface area (Å²) >= 11 is 0. The van der Waals surface area contributed by atoms with Crippen molar-refractivity contribution >= 4 is 28.9 Å². The van der Waals surface area contributed by atoms with E-state index in [1.54, 1.807) is 6.92 Å². The Morgan fingerprint density at radius 2 is 1.91 bits per heavy atom. The van der Waals surface area contributed by atoms with E-state index in [-0.39, 0.29) is 51.4 Å². The summed E-state index contributed by atoms with van der Waals surface area (Å²) in [5.41, 5.74) is 0. The van der Waals surface area contributed by atoms with Gasteiger partial charge in [0.25, 0.3) is 0 Å². The minimum absolute atomic E-state index is 0. The predicted molar refractivity (Wildman–Crippen MR) is 47.4 cm³/mol. The van der Waals surface area contributed by atoms with E-state index in [1.165, 1.54) is 10.8 Å². The summed E-state index contributed by atoms with van der Waals surface area (Å²) in [6.45, 7) is 3.57. The fourth-order valence-corrected chi connectivity index (χ4v) is 6.23. The molecular weight excluding hydrogens is 231 g/mol. The van der Waals surface area contributed by atoms with Crippen molar-refractivity contribution in [1.82, 2.24) is 0 Å². The predicted octanol–water partition coefficient (Wildman–Crippen LogP) is -1.86. The maximum atomic E-state index is 10.4. The van der Waals surface area contributed by atoms with E-state index in [4.69, 9.17) is 0 Å². The first-order valence-electron chi connectivity index (χ1n) is 2.88. The van der Waals surface area contributed by atoms with Crippen LogP contribution < -0.4 is 51.4 Å². The molecule has 0 saturated carbocycles. The van der Waals surface area contributed by atoms with Gasteiger partial charge in [-0.3, -0.25) is 0 Å². The Morgan fingerprint density at radius 3 is 2.00 bits per heavy atom. The molecule has 3 nitrogen and oxygen atoms in total. The number of hydrogen-bond acceptors (Lipinski definition) is 4. The molecule has 0 aliphatic carbocycles. The Labute approximate surface area is 116 Å². The molecule has 0 aromatic carbocycles. The van der Waals surface area contributed by atoms with Crippen molar-refractivity contribution in [2.24, 2.45) is 0 Å². The normalized spacial score (nSPS) is 15.4. The van der Waals surface area contributed by atoms with Crippen molar-refractivity contribution in [2.45, 2.75) is 13.8 Å². The molecule has 0 fully saturated rings. The van der Waals surface area contributed by atoms with Crippen molar-refractivity contribution in [3.8, 4) is 0 Å². The molecule has 64 valence electrons. The molecule has 0 bridgehead atoms. The standard InChI is InChI=1S/C4H12O3S3.K/c1-3-8-9(4-2)10(5,6)7;/h9H,3-4H2,1-2H3,(H,5,6,7);/q;+1/p-1. The average Bonchev–Trinajstić information content (AvgIpc) is 1.80. The van der Waals surface area contributed by atoms with E-state index in [1.807, 2.05) is 6.92 Å². The van der Waals surface area contributed by atoms with Crippen molar-refractivity contribution < 1.29 is 64.4 Å². The van der Waals surface area contributed by atoms with Crippen molar-refractivity contribution in [3.05, 3.63) is 0 Å². The minimum atomic E-state index is -4.00. The smallest absolute Gasteiger partial charge is 0.740 e. The van der Waals surface area contributed by atoms with E-state index in [0.717, 1.165) is 0 Å². The third-order valence-corrected chi connectivity index (χ3v) is 9.62. The second-order valence-electron chi connectivity index (χ2n) is 1.49. The Morgan fingerprint density at radius 1 is 1.45 bits per heavy atom. The quantitative estimate of drug-likeness (QED) is 0.272. The Balaban J connectivity index is 0. The van der Waals surface area contributed by atoms with Gasteiger partial charge in [0, 0.05) is 0 Å². The van der Waals surface area contributed by atoms with Gasteiger partial charge in [0.1, 0.15) is 9.15 Å². The molecule has 0 N–H and O–H groups in total. The largest absolute Gasteiger partial charge is 1.00 e. The Bertz CT molecular complexity index is 179. The zero-order valence-electron chi connectivity index (χ0n) is 6.90. The molecule has 0 aliphatic heterocycles. The molecule has 7 heteroatoms. The van der Waals surface area contributed by atoms with E-state index in [9.17, 15) is 13.0 Å². The van der Waals surface area contributed by atoms with Gasteiger partial charge >= 0.3 is 51.4 Å². The maximum Gasteiger partial charge on any atom is 1.00 e. The first-order chi connectivity index (χ1) is 4.52. The summed E-state index contributed by atoms with van der Waals surface area (Å²) in [4.78, 5) is 0. The van der Waals surface area contributed by atoms with Gasteiger partial charge in [-0.25, -0.2) is 8.42 Å². The van der Waals surface area contributed by atoms with Crippen LogP contribution >= 0.6 is 19.8 Å². The summed E-state index contributed by atoms with van der Waals surface area (Å²) in [6, 6.07) is 0. The summed E-state index contributed by atoms with van der Waals surface area (Å²) in [5, 5.41) is 0. The molecule has 1 atom stereocenters. The molecule has 0 aromatic heterocycles. The molecule has 0 amide bonds. The van der Waals surface area contributed by atoms with Crippen molar-refractivity contribution in [2.75, 3.05) is 11.5 Å². The molecule has 0 heterocycles. The van der Waals surface area contributed by atoms with Gasteiger partial charge in [0.05, 0.1) is 0 Å². The molecular formula is C4H11KO3S3. The number of hydrogen-bond donors (Lipinski definition) is 1. The van der Waals surface area contributed by atoms with Crippen LogP contribution in [0.25, 0.3) is 0 Å². The molecule has 1 unspecified atom stereocenters. The van der Waals surface area contributed by atoms with Gasteiger partial charge in [-0.2, -0.15) is 0 Å². The maximum absolute atomic E-state index is 10.4. The molecule has 0 rings (SSSR count). The molecule has 0 saturated heterocycles. The number of thiol groups is 1. The summed E-state index contributed by atoms with van der Waals surface area (Å²) in [7, 11) is -4.12. The number of rotatable bonds is 4. The molecule has 11 heavy (non-hydrogen) atoms. The van der Waals surface area contributed by atoms with Gasteiger partial charge in [-0.15, -0.1) is 19.8 Å². The topological polar surface area (TPSA) is 57.2 Å². The SMILES string of the molecule is CCS[SH](CC)S(=O)(=O)[O-].[K+]. The first kappa shape index (κ1) is 15.7. The van der Waals surface area contributed by atoms with Crippen LogP contribution in [0.4, 0.5) is 0 Å². The van der Waals surface area contributed by atoms with Crippen LogP contribution in [0.1, 0.15) is 13.8 Å². The van der Waals surface area contributed by atoms with Gasteiger partial charge < -0.3 is 4.55 Å². The van der Waals surface area contributed by atoms with Crippen LogP contribution in [0.15, 0.2) is 0 Å². The van der Waals surface area contributed by atoms with Crippen LogP contribution in [-0.4, -0.2) is 24.5 Å². The Kier molecular flexibility index (Phi) is 10.9. The van der Waals surface area contributed by atoms with Crippen molar-refractivity contribution in [3.63, 3.8) is 0 Å². The third-order valence-electron chi connectivity index (χ3n) is 0.781. The molecule has 0 spiro atoms. The van der Waals surface area contributed by atoms with Crippen LogP contribution in [0.5, 0.6) is 0 Å². The summed E-state index contributed by atoms with van der Waals surface area (Å²) < 4.78 is 31.2. The van der Waals surface area contributed by atoms with Gasteiger partial charge in [-0.1, -0.05) is 13.8 Å². The molecule has 0 aliphatic rings. The van der Waals surface area contributed by atoms with E-state index < -0.39 is 18.1 Å². The summed E-state index contributed by atoms with van der Waals surface area (Å²) in [6.07, 6.45) is 0. The zero-order chi connectivity index (χ0) is 8.20. The van der Waals surface area contributed by atoms with E-state index in [0.29, 0.717) is 11.5 Å². The third kappa shape index (κ3) is 7.33. The van der Waals surface area contributed by atoms with Crippen LogP contribution in [0.3, 0.4) is 0 Å². The zero-order valence-corrected chi connectivity index (χ0v) is 12.6. The molecule has 0 aromatic rings.